The molecular formula is C12H16N2OS. The Kier molecular flexibility index (Phi) is 4.51. The molecule has 0 atom stereocenters. The molecule has 0 aliphatic heterocycles. The summed E-state index contributed by atoms with van der Waals surface area (Å²) < 4.78 is 0. The van der Waals surface area contributed by atoms with Gasteiger partial charge in [0.25, 0.3) is 0 Å². The molecule has 16 heavy (non-hydrogen) atoms. The van der Waals surface area contributed by atoms with E-state index < -0.39 is 0 Å². The fraction of sp³-hybridized carbons (Fsp3) is 0.500. The van der Waals surface area contributed by atoms with Crippen molar-refractivity contribution >= 4 is 22.2 Å². The van der Waals surface area contributed by atoms with Crippen molar-refractivity contribution < 1.29 is 4.79 Å². The minimum absolute atomic E-state index is 0.0112. The molecule has 0 bridgehead atoms. The summed E-state index contributed by atoms with van der Waals surface area (Å²) in [5.74, 6) is -0.0112. The van der Waals surface area contributed by atoms with Gasteiger partial charge in [-0.25, -0.2) is 0 Å². The van der Waals surface area contributed by atoms with Crippen LogP contribution in [0.3, 0.4) is 0 Å². The van der Waals surface area contributed by atoms with Gasteiger partial charge in [-0.2, -0.15) is 5.26 Å². The third kappa shape index (κ3) is 2.61. The van der Waals surface area contributed by atoms with Crippen LogP contribution in [0.25, 0.3) is 0 Å². The summed E-state index contributed by atoms with van der Waals surface area (Å²) in [7, 11) is 0. The van der Waals surface area contributed by atoms with Crippen LogP contribution in [0.1, 0.15) is 42.7 Å². The number of hydrogen-bond acceptors (Lipinski definition) is 3. The number of hydrogen-bond donors (Lipinski definition) is 1. The summed E-state index contributed by atoms with van der Waals surface area (Å²) in [6, 6.07) is 2.18. The van der Waals surface area contributed by atoms with Gasteiger partial charge in [-0.1, -0.05) is 13.8 Å². The first-order chi connectivity index (χ1) is 7.63. The number of nitrogens with one attached hydrogen (secondary N) is 1. The van der Waals surface area contributed by atoms with Crippen LogP contribution in [0, 0.1) is 18.3 Å². The monoisotopic (exact) mass is 236 g/mol. The van der Waals surface area contributed by atoms with Gasteiger partial charge in [0.05, 0.1) is 5.56 Å². The van der Waals surface area contributed by atoms with Gasteiger partial charge in [-0.3, -0.25) is 4.79 Å². The molecule has 86 valence electrons. The smallest absolute Gasteiger partial charge is 0.224 e. The normalized spacial score (nSPS) is 9.88. The van der Waals surface area contributed by atoms with Crippen LogP contribution in [0.5, 0.6) is 0 Å². The standard InChI is InChI=1S/C12H16N2OS/c1-4-6-11(15)14-12-10(7-13)9(5-2)8(3)16-12/h4-6H2,1-3H3,(H,14,15). The Morgan fingerprint density at radius 3 is 2.69 bits per heavy atom. The molecule has 1 rings (SSSR count). The number of nitriles is 1. The molecule has 4 heteroatoms. The van der Waals surface area contributed by atoms with E-state index in [1.807, 2.05) is 20.8 Å². The highest BCUT2D eigenvalue weighted by atomic mass is 32.1. The highest BCUT2D eigenvalue weighted by Crippen LogP contribution is 2.32. The number of carbonyl (C=O) groups is 1. The Bertz CT molecular complexity index is 429. The van der Waals surface area contributed by atoms with Crippen molar-refractivity contribution in [2.24, 2.45) is 0 Å². The van der Waals surface area contributed by atoms with Gasteiger partial charge in [0, 0.05) is 11.3 Å². The summed E-state index contributed by atoms with van der Waals surface area (Å²) in [6.45, 7) is 5.97. The van der Waals surface area contributed by atoms with E-state index in [-0.39, 0.29) is 5.91 Å². The number of anilines is 1. The summed E-state index contributed by atoms with van der Waals surface area (Å²) in [5, 5.41) is 12.6. The molecule has 0 saturated heterocycles. The minimum Gasteiger partial charge on any atom is -0.317 e. The molecule has 0 fully saturated rings. The van der Waals surface area contributed by atoms with E-state index in [9.17, 15) is 4.79 Å². The van der Waals surface area contributed by atoms with Crippen LogP contribution in [-0.4, -0.2) is 5.91 Å². The SMILES string of the molecule is CCCC(=O)Nc1sc(C)c(CC)c1C#N. The second-order valence-electron chi connectivity index (χ2n) is 3.60. The molecule has 3 nitrogen and oxygen atoms in total. The number of thiophene rings is 1. The lowest BCUT2D eigenvalue weighted by molar-refractivity contribution is -0.116. The van der Waals surface area contributed by atoms with Crippen molar-refractivity contribution in [3.05, 3.63) is 16.0 Å². The molecule has 1 aromatic heterocycles. The quantitative estimate of drug-likeness (QED) is 0.872. The maximum atomic E-state index is 11.5. The maximum absolute atomic E-state index is 11.5. The van der Waals surface area contributed by atoms with Gasteiger partial charge in [-0.05, 0) is 25.3 Å². The molecule has 1 amide bonds. The first-order valence-corrected chi connectivity index (χ1v) is 6.27. The van der Waals surface area contributed by atoms with Crippen LogP contribution >= 0.6 is 11.3 Å². The lowest BCUT2D eigenvalue weighted by Gasteiger charge is -2.01. The van der Waals surface area contributed by atoms with Gasteiger partial charge in [-0.15, -0.1) is 11.3 Å². The van der Waals surface area contributed by atoms with Crippen molar-refractivity contribution in [2.75, 3.05) is 5.32 Å². The van der Waals surface area contributed by atoms with E-state index in [0.29, 0.717) is 17.0 Å². The maximum Gasteiger partial charge on any atom is 0.224 e. The summed E-state index contributed by atoms with van der Waals surface area (Å²) in [6.07, 6.45) is 2.15. The number of aryl methyl sites for hydroxylation is 1. The molecular weight excluding hydrogens is 220 g/mol. The zero-order chi connectivity index (χ0) is 12.1. The second kappa shape index (κ2) is 5.66. The molecule has 0 saturated carbocycles. The molecule has 0 aliphatic carbocycles. The topological polar surface area (TPSA) is 52.9 Å². The summed E-state index contributed by atoms with van der Waals surface area (Å²) in [5.41, 5.74) is 1.69. The minimum atomic E-state index is -0.0112. The Labute approximate surface area is 100 Å². The third-order valence-corrected chi connectivity index (χ3v) is 3.47. The zero-order valence-electron chi connectivity index (χ0n) is 9.89. The highest BCUT2D eigenvalue weighted by Gasteiger charge is 2.15. The van der Waals surface area contributed by atoms with Gasteiger partial charge in [0.2, 0.25) is 5.91 Å². The summed E-state index contributed by atoms with van der Waals surface area (Å²) in [4.78, 5) is 12.6. The van der Waals surface area contributed by atoms with Gasteiger partial charge < -0.3 is 5.32 Å². The first-order valence-electron chi connectivity index (χ1n) is 5.46. The van der Waals surface area contributed by atoms with E-state index in [1.165, 1.54) is 11.3 Å². The lowest BCUT2D eigenvalue weighted by atomic mass is 10.1. The van der Waals surface area contributed by atoms with E-state index >= 15 is 0 Å². The Morgan fingerprint density at radius 1 is 1.50 bits per heavy atom. The van der Waals surface area contributed by atoms with Gasteiger partial charge >= 0.3 is 0 Å². The first kappa shape index (κ1) is 12.7. The number of rotatable bonds is 4. The predicted octanol–water partition coefficient (Wildman–Crippen LogP) is 3.23. The van der Waals surface area contributed by atoms with E-state index in [4.69, 9.17) is 5.26 Å². The van der Waals surface area contributed by atoms with Crippen LogP contribution in [-0.2, 0) is 11.2 Å². The highest BCUT2D eigenvalue weighted by molar-refractivity contribution is 7.16. The zero-order valence-corrected chi connectivity index (χ0v) is 10.7. The fourth-order valence-electron chi connectivity index (χ4n) is 1.63. The molecule has 0 unspecified atom stereocenters. The van der Waals surface area contributed by atoms with E-state index in [0.717, 1.165) is 23.3 Å². The Balaban J connectivity index is 2.97. The number of nitrogens with zero attached hydrogens (tertiary/aromatic N) is 1. The van der Waals surface area contributed by atoms with Crippen LogP contribution < -0.4 is 5.32 Å². The predicted molar refractivity (Wildman–Crippen MR) is 66.7 cm³/mol. The third-order valence-electron chi connectivity index (χ3n) is 2.40. The van der Waals surface area contributed by atoms with E-state index in [1.54, 1.807) is 0 Å². The fourth-order valence-corrected chi connectivity index (χ4v) is 2.74. The van der Waals surface area contributed by atoms with Crippen LogP contribution in [0.15, 0.2) is 0 Å². The van der Waals surface area contributed by atoms with Crippen LogP contribution in [0.4, 0.5) is 5.00 Å². The van der Waals surface area contributed by atoms with Gasteiger partial charge in [0.1, 0.15) is 11.1 Å². The Morgan fingerprint density at radius 2 is 2.19 bits per heavy atom. The van der Waals surface area contributed by atoms with Crippen LogP contribution in [0.2, 0.25) is 0 Å². The molecule has 0 radical (unpaired) electrons. The van der Waals surface area contributed by atoms with Crippen molar-refractivity contribution in [1.82, 2.24) is 0 Å². The van der Waals surface area contributed by atoms with Crippen molar-refractivity contribution in [3.8, 4) is 6.07 Å². The Hall–Kier alpha value is -1.34. The molecule has 0 spiro atoms. The second-order valence-corrected chi connectivity index (χ2v) is 4.83. The largest absolute Gasteiger partial charge is 0.317 e. The van der Waals surface area contributed by atoms with Crippen molar-refractivity contribution in [2.45, 2.75) is 40.0 Å². The average molecular weight is 236 g/mol. The van der Waals surface area contributed by atoms with Crippen molar-refractivity contribution in [3.63, 3.8) is 0 Å². The molecule has 1 heterocycles. The van der Waals surface area contributed by atoms with Gasteiger partial charge in [0.15, 0.2) is 0 Å². The number of carbonyl (C=O) groups excluding carboxylic acids is 1. The molecule has 0 aliphatic rings. The molecule has 1 aromatic rings. The van der Waals surface area contributed by atoms with Crippen molar-refractivity contribution in [1.29, 1.82) is 5.26 Å². The number of amides is 1. The molecule has 1 N–H and O–H groups in total. The molecule has 0 aromatic carbocycles. The van der Waals surface area contributed by atoms with E-state index in [2.05, 4.69) is 11.4 Å². The lowest BCUT2D eigenvalue weighted by Crippen LogP contribution is -2.10. The average Bonchev–Trinajstić information content (AvgIpc) is 2.53. The summed E-state index contributed by atoms with van der Waals surface area (Å²) >= 11 is 1.49.